The normalized spacial score (nSPS) is 23.1. The smallest absolute Gasteiger partial charge is 0.293 e. The van der Waals surface area contributed by atoms with Crippen LogP contribution in [0.25, 0.3) is 0 Å². The molecule has 0 radical (unpaired) electrons. The molecule has 0 saturated carbocycles. The zero-order valence-electron chi connectivity index (χ0n) is 19.2. The molecule has 0 bridgehead atoms. The number of hydrogen-bond acceptors (Lipinski definition) is 7. The SMILES string of the molecule is C[C@H]1CCCN(S(=O)(=O)c2ccc(N3CCN(CC(=O)N4CCCC4)CC3)c([N+](=O)[O-])c2)C1. The molecule has 0 spiro atoms. The standard InChI is InChI=1S/C22H33N5O5S/c1-18-5-4-10-26(16-18)33(31,32)19-6-7-20(21(15-19)27(29)30)24-13-11-23(12-14-24)17-22(28)25-8-2-3-9-25/h6-7,15,18H,2-5,8-14,16-17H2,1H3/t18-/m0/s1. The lowest BCUT2D eigenvalue weighted by atomic mass is 10.0. The number of hydrogen-bond donors (Lipinski definition) is 0. The third kappa shape index (κ3) is 5.30. The Hall–Kier alpha value is -2.24. The number of piperidine rings is 1. The molecule has 0 N–H and O–H groups in total. The lowest BCUT2D eigenvalue weighted by molar-refractivity contribution is -0.384. The first-order valence-electron chi connectivity index (χ1n) is 11.8. The number of nitro benzene ring substituents is 1. The zero-order chi connectivity index (χ0) is 23.6. The van der Waals surface area contributed by atoms with Gasteiger partial charge in [-0.15, -0.1) is 0 Å². The van der Waals surface area contributed by atoms with Crippen molar-refractivity contribution in [1.29, 1.82) is 0 Å². The van der Waals surface area contributed by atoms with Crippen LogP contribution in [0, 0.1) is 16.0 Å². The van der Waals surface area contributed by atoms with Crippen molar-refractivity contribution in [2.45, 2.75) is 37.5 Å². The molecule has 33 heavy (non-hydrogen) atoms. The molecule has 0 unspecified atom stereocenters. The Labute approximate surface area is 195 Å². The molecule has 3 saturated heterocycles. The quantitative estimate of drug-likeness (QED) is 0.452. The Bertz CT molecular complexity index is 987. The molecule has 0 aromatic heterocycles. The van der Waals surface area contributed by atoms with Crippen molar-refractivity contribution >= 4 is 27.3 Å². The lowest BCUT2D eigenvalue weighted by Crippen LogP contribution is -2.50. The van der Waals surface area contributed by atoms with Crippen LogP contribution in [0.5, 0.6) is 0 Å². The number of benzene rings is 1. The Morgan fingerprint density at radius 1 is 1.06 bits per heavy atom. The molecular weight excluding hydrogens is 446 g/mol. The number of anilines is 1. The predicted octanol–water partition coefficient (Wildman–Crippen LogP) is 1.76. The largest absolute Gasteiger partial charge is 0.363 e. The Kier molecular flexibility index (Phi) is 7.20. The highest BCUT2D eigenvalue weighted by Crippen LogP contribution is 2.33. The fourth-order valence-corrected chi connectivity index (χ4v) is 6.61. The minimum atomic E-state index is -3.77. The van der Waals surface area contributed by atoms with E-state index in [4.69, 9.17) is 0 Å². The summed E-state index contributed by atoms with van der Waals surface area (Å²) in [7, 11) is -3.77. The Balaban J connectivity index is 1.45. The summed E-state index contributed by atoms with van der Waals surface area (Å²) in [5.74, 6) is 0.421. The lowest BCUT2D eigenvalue weighted by Gasteiger charge is -2.36. The molecule has 1 amide bonds. The molecule has 1 aromatic rings. The van der Waals surface area contributed by atoms with Crippen LogP contribution in [0.2, 0.25) is 0 Å². The fourth-order valence-electron chi connectivity index (χ4n) is 5.00. The minimum Gasteiger partial charge on any atom is -0.363 e. The van der Waals surface area contributed by atoms with Crippen molar-refractivity contribution in [3.05, 3.63) is 28.3 Å². The van der Waals surface area contributed by atoms with Crippen LogP contribution in [0.3, 0.4) is 0 Å². The van der Waals surface area contributed by atoms with Crippen molar-refractivity contribution in [3.8, 4) is 0 Å². The van der Waals surface area contributed by atoms with Crippen LogP contribution in [0.1, 0.15) is 32.6 Å². The van der Waals surface area contributed by atoms with E-state index in [9.17, 15) is 23.3 Å². The van der Waals surface area contributed by atoms with Crippen LogP contribution in [-0.2, 0) is 14.8 Å². The van der Waals surface area contributed by atoms with Crippen molar-refractivity contribution < 1.29 is 18.1 Å². The van der Waals surface area contributed by atoms with E-state index in [0.29, 0.717) is 51.5 Å². The molecule has 3 heterocycles. The third-order valence-corrected chi connectivity index (χ3v) is 8.79. The highest BCUT2D eigenvalue weighted by molar-refractivity contribution is 7.89. The third-order valence-electron chi connectivity index (χ3n) is 6.93. The summed E-state index contributed by atoms with van der Waals surface area (Å²) in [6.45, 7) is 7.29. The number of nitrogens with zero attached hydrogens (tertiary/aromatic N) is 5. The molecule has 3 aliphatic rings. The summed E-state index contributed by atoms with van der Waals surface area (Å²) in [5, 5.41) is 11.8. The van der Waals surface area contributed by atoms with Gasteiger partial charge in [0.25, 0.3) is 5.69 Å². The fraction of sp³-hybridized carbons (Fsp3) is 0.682. The van der Waals surface area contributed by atoms with E-state index >= 15 is 0 Å². The summed E-state index contributed by atoms with van der Waals surface area (Å²) < 4.78 is 27.6. The monoisotopic (exact) mass is 479 g/mol. The van der Waals surface area contributed by atoms with Crippen molar-refractivity contribution in [2.75, 3.05) is 63.8 Å². The number of amides is 1. The van der Waals surface area contributed by atoms with Crippen LogP contribution in [0.15, 0.2) is 23.1 Å². The number of rotatable bonds is 6. The van der Waals surface area contributed by atoms with Gasteiger partial charge in [0.1, 0.15) is 5.69 Å². The first kappa shape index (κ1) is 23.9. The number of likely N-dealkylation sites (tertiary alicyclic amines) is 1. The van der Waals surface area contributed by atoms with Gasteiger partial charge in [-0.1, -0.05) is 6.92 Å². The van der Waals surface area contributed by atoms with Gasteiger partial charge in [-0.2, -0.15) is 4.31 Å². The van der Waals surface area contributed by atoms with E-state index < -0.39 is 14.9 Å². The topological polar surface area (TPSA) is 107 Å². The van der Waals surface area contributed by atoms with Gasteiger partial charge in [-0.05, 0) is 43.7 Å². The first-order valence-corrected chi connectivity index (χ1v) is 13.2. The summed E-state index contributed by atoms with van der Waals surface area (Å²) in [6, 6.07) is 4.25. The average Bonchev–Trinajstić information content (AvgIpc) is 3.34. The maximum absolute atomic E-state index is 13.1. The van der Waals surface area contributed by atoms with Gasteiger partial charge in [-0.3, -0.25) is 19.8 Å². The summed E-state index contributed by atoms with van der Waals surface area (Å²) in [6.07, 6.45) is 3.91. The summed E-state index contributed by atoms with van der Waals surface area (Å²) in [4.78, 5) is 29.6. The van der Waals surface area contributed by atoms with Gasteiger partial charge in [0.05, 0.1) is 16.4 Å². The molecule has 3 aliphatic heterocycles. The number of nitro groups is 1. The second-order valence-corrected chi connectivity index (χ2v) is 11.3. The maximum atomic E-state index is 13.1. The molecule has 1 aromatic carbocycles. The van der Waals surface area contributed by atoms with Crippen molar-refractivity contribution in [2.24, 2.45) is 5.92 Å². The molecular formula is C22H33N5O5S. The number of sulfonamides is 1. The number of piperazine rings is 1. The van der Waals surface area contributed by atoms with Crippen molar-refractivity contribution in [1.82, 2.24) is 14.1 Å². The Morgan fingerprint density at radius 3 is 2.39 bits per heavy atom. The summed E-state index contributed by atoms with van der Waals surface area (Å²) >= 11 is 0. The van der Waals surface area contributed by atoms with Gasteiger partial charge >= 0.3 is 0 Å². The average molecular weight is 480 g/mol. The molecule has 1 atom stereocenters. The predicted molar refractivity (Wildman–Crippen MR) is 125 cm³/mol. The van der Waals surface area contributed by atoms with E-state index in [1.165, 1.54) is 16.4 Å². The minimum absolute atomic E-state index is 0.0260. The first-order chi connectivity index (χ1) is 15.8. The van der Waals surface area contributed by atoms with Gasteiger partial charge < -0.3 is 9.80 Å². The maximum Gasteiger partial charge on any atom is 0.293 e. The van der Waals surface area contributed by atoms with E-state index in [1.807, 2.05) is 16.7 Å². The second kappa shape index (κ2) is 9.94. The van der Waals surface area contributed by atoms with Crippen LogP contribution < -0.4 is 4.90 Å². The molecule has 3 fully saturated rings. The van der Waals surface area contributed by atoms with Crippen molar-refractivity contribution in [3.63, 3.8) is 0 Å². The molecule has 11 heteroatoms. The van der Waals surface area contributed by atoms with E-state index in [1.54, 1.807) is 6.07 Å². The highest BCUT2D eigenvalue weighted by atomic mass is 32.2. The summed E-state index contributed by atoms with van der Waals surface area (Å²) in [5.41, 5.74) is 0.235. The number of carbonyl (C=O) groups excluding carboxylic acids is 1. The zero-order valence-corrected chi connectivity index (χ0v) is 20.0. The van der Waals surface area contributed by atoms with Crippen LogP contribution in [-0.4, -0.2) is 92.3 Å². The molecule has 182 valence electrons. The van der Waals surface area contributed by atoms with Gasteiger partial charge in [0.15, 0.2) is 0 Å². The molecule has 4 rings (SSSR count). The second-order valence-electron chi connectivity index (χ2n) is 9.37. The highest BCUT2D eigenvalue weighted by Gasteiger charge is 2.32. The number of carbonyl (C=O) groups is 1. The van der Waals surface area contributed by atoms with E-state index in [2.05, 4.69) is 4.90 Å². The van der Waals surface area contributed by atoms with Gasteiger partial charge in [-0.25, -0.2) is 8.42 Å². The molecule has 10 nitrogen and oxygen atoms in total. The van der Waals surface area contributed by atoms with Gasteiger partial charge in [0, 0.05) is 58.4 Å². The van der Waals surface area contributed by atoms with E-state index in [-0.39, 0.29) is 22.4 Å². The van der Waals surface area contributed by atoms with E-state index in [0.717, 1.165) is 38.8 Å². The Morgan fingerprint density at radius 2 is 1.76 bits per heavy atom. The van der Waals surface area contributed by atoms with Crippen LogP contribution in [0.4, 0.5) is 11.4 Å². The molecule has 0 aliphatic carbocycles. The van der Waals surface area contributed by atoms with Gasteiger partial charge in [0.2, 0.25) is 15.9 Å². The van der Waals surface area contributed by atoms with Crippen LogP contribution >= 0.6 is 0 Å².